The molecule has 1 aromatic heterocycles. The summed E-state index contributed by atoms with van der Waals surface area (Å²) in [4.78, 5) is 30.1. The van der Waals surface area contributed by atoms with Gasteiger partial charge in [0.2, 0.25) is 5.91 Å². The summed E-state index contributed by atoms with van der Waals surface area (Å²) < 4.78 is 37.8. The van der Waals surface area contributed by atoms with Gasteiger partial charge in [-0.2, -0.15) is 8.42 Å². The molecule has 0 aliphatic heterocycles. The Morgan fingerprint density at radius 1 is 1.00 bits per heavy atom. The Balaban J connectivity index is 1.85. The van der Waals surface area contributed by atoms with Gasteiger partial charge in [-0.1, -0.05) is 56.3 Å². The number of ether oxygens (including phenoxy) is 1. The number of rotatable bonds is 11. The van der Waals surface area contributed by atoms with E-state index in [0.717, 1.165) is 16.1 Å². The van der Waals surface area contributed by atoms with Crippen LogP contribution in [0.25, 0.3) is 0 Å². The molecule has 0 bridgehead atoms. The van der Waals surface area contributed by atoms with E-state index >= 15 is 0 Å². The standard InChI is InChI=1S/C25H30N4O6S2/c1-16(2)24-27-22(15-36-24)20(13-18-9-11-19(12-10-18)29-37(32,33)34)26-23(30)21(28-25(31)35-3)14-17-7-5-4-6-8-17/h4-12,15-16,20-21,29H,13-14H2,1-3H3,(H,26,30)(H,28,31)(H,32,33,34). The molecule has 0 saturated carbocycles. The molecule has 1 heterocycles. The van der Waals surface area contributed by atoms with Crippen LogP contribution >= 0.6 is 11.3 Å². The van der Waals surface area contributed by atoms with Crippen molar-refractivity contribution in [2.75, 3.05) is 11.8 Å². The molecule has 0 radical (unpaired) electrons. The zero-order chi connectivity index (χ0) is 27.0. The highest BCUT2D eigenvalue weighted by atomic mass is 32.2. The molecule has 3 rings (SSSR count). The molecule has 2 aromatic carbocycles. The van der Waals surface area contributed by atoms with E-state index in [1.54, 1.807) is 12.1 Å². The zero-order valence-corrected chi connectivity index (χ0v) is 22.3. The second-order valence-electron chi connectivity index (χ2n) is 8.68. The van der Waals surface area contributed by atoms with E-state index in [2.05, 4.69) is 10.6 Å². The molecule has 198 valence electrons. The van der Waals surface area contributed by atoms with Crippen molar-refractivity contribution in [2.24, 2.45) is 0 Å². The van der Waals surface area contributed by atoms with Crippen LogP contribution in [-0.4, -0.2) is 43.1 Å². The van der Waals surface area contributed by atoms with Gasteiger partial charge < -0.3 is 15.4 Å². The normalized spacial score (nSPS) is 13.0. The minimum absolute atomic E-state index is 0.202. The maximum atomic E-state index is 13.4. The number of anilines is 1. The first kappa shape index (κ1) is 28.1. The van der Waals surface area contributed by atoms with Crippen molar-refractivity contribution < 1.29 is 27.3 Å². The van der Waals surface area contributed by atoms with Crippen molar-refractivity contribution in [1.82, 2.24) is 15.6 Å². The summed E-state index contributed by atoms with van der Waals surface area (Å²) in [6.45, 7) is 4.07. The first-order chi connectivity index (χ1) is 17.5. The highest BCUT2D eigenvalue weighted by Gasteiger charge is 2.26. The number of nitrogens with zero attached hydrogens (tertiary/aromatic N) is 1. The fourth-order valence-corrected chi connectivity index (χ4v) is 4.90. The zero-order valence-electron chi connectivity index (χ0n) is 20.7. The molecule has 0 saturated heterocycles. The van der Waals surface area contributed by atoms with Gasteiger partial charge in [-0.3, -0.25) is 14.1 Å². The fraction of sp³-hybridized carbons (Fsp3) is 0.320. The van der Waals surface area contributed by atoms with Gasteiger partial charge in [-0.25, -0.2) is 9.78 Å². The molecule has 0 aliphatic carbocycles. The number of hydrogen-bond acceptors (Lipinski definition) is 7. The number of amides is 2. The number of nitrogens with one attached hydrogen (secondary N) is 3. The maximum Gasteiger partial charge on any atom is 0.407 e. The highest BCUT2D eigenvalue weighted by molar-refractivity contribution is 7.87. The van der Waals surface area contributed by atoms with Crippen LogP contribution in [0.2, 0.25) is 0 Å². The summed E-state index contributed by atoms with van der Waals surface area (Å²) in [6.07, 6.45) is -0.0980. The van der Waals surface area contributed by atoms with Crippen LogP contribution < -0.4 is 15.4 Å². The summed E-state index contributed by atoms with van der Waals surface area (Å²) in [5, 5.41) is 8.45. The van der Waals surface area contributed by atoms with Gasteiger partial charge in [0.25, 0.3) is 0 Å². The van der Waals surface area contributed by atoms with Crippen LogP contribution in [0, 0.1) is 0 Å². The third kappa shape index (κ3) is 8.85. The van der Waals surface area contributed by atoms with Crippen molar-refractivity contribution in [1.29, 1.82) is 0 Å². The van der Waals surface area contributed by atoms with Gasteiger partial charge in [-0.05, 0) is 29.7 Å². The van der Waals surface area contributed by atoms with E-state index in [0.29, 0.717) is 12.1 Å². The average molecular weight is 547 g/mol. The molecule has 2 atom stereocenters. The van der Waals surface area contributed by atoms with Crippen LogP contribution in [0.15, 0.2) is 60.0 Å². The molecular weight excluding hydrogens is 516 g/mol. The van der Waals surface area contributed by atoms with Crippen molar-refractivity contribution in [2.45, 2.75) is 44.7 Å². The van der Waals surface area contributed by atoms with Gasteiger partial charge in [0.05, 0.1) is 29.5 Å². The number of aromatic nitrogens is 1. The van der Waals surface area contributed by atoms with E-state index in [1.807, 2.05) is 54.3 Å². The topological polar surface area (TPSA) is 147 Å². The fourth-order valence-electron chi connectivity index (χ4n) is 3.58. The Hall–Kier alpha value is -3.48. The second-order valence-corrected chi connectivity index (χ2v) is 10.7. The summed E-state index contributed by atoms with van der Waals surface area (Å²) in [5.41, 5.74) is 2.55. The third-order valence-electron chi connectivity index (χ3n) is 5.42. The first-order valence-electron chi connectivity index (χ1n) is 11.5. The van der Waals surface area contributed by atoms with Crippen LogP contribution in [0.5, 0.6) is 0 Å². The highest BCUT2D eigenvalue weighted by Crippen LogP contribution is 2.26. The minimum atomic E-state index is -4.39. The molecule has 4 N–H and O–H groups in total. The third-order valence-corrected chi connectivity index (χ3v) is 7.08. The van der Waals surface area contributed by atoms with Crippen LogP contribution in [-0.2, 0) is 32.7 Å². The Kier molecular flexibility index (Phi) is 9.61. The largest absolute Gasteiger partial charge is 0.453 e. The van der Waals surface area contributed by atoms with Crippen LogP contribution in [0.3, 0.4) is 0 Å². The Bertz CT molecular complexity index is 1290. The number of methoxy groups -OCH3 is 1. The molecule has 0 spiro atoms. The summed E-state index contributed by atoms with van der Waals surface area (Å²) in [7, 11) is -3.15. The first-order valence-corrected chi connectivity index (χ1v) is 13.8. The monoisotopic (exact) mass is 546 g/mol. The molecule has 10 nitrogen and oxygen atoms in total. The lowest BCUT2D eigenvalue weighted by Crippen LogP contribution is -2.49. The van der Waals surface area contributed by atoms with Gasteiger partial charge in [0.15, 0.2) is 0 Å². The van der Waals surface area contributed by atoms with Crippen molar-refractivity contribution in [3.05, 3.63) is 81.8 Å². The number of thiazole rings is 1. The van der Waals surface area contributed by atoms with E-state index in [-0.39, 0.29) is 18.0 Å². The Labute approximate surface area is 220 Å². The molecule has 0 fully saturated rings. The van der Waals surface area contributed by atoms with E-state index in [1.165, 1.54) is 30.6 Å². The number of carbonyl (C=O) groups is 2. The van der Waals surface area contributed by atoms with Crippen molar-refractivity contribution in [3.8, 4) is 0 Å². The van der Waals surface area contributed by atoms with Crippen LogP contribution in [0.1, 0.15) is 47.6 Å². The lowest BCUT2D eigenvalue weighted by Gasteiger charge is -2.23. The molecule has 2 unspecified atom stereocenters. The Morgan fingerprint density at radius 2 is 1.65 bits per heavy atom. The molecule has 0 aliphatic rings. The van der Waals surface area contributed by atoms with Gasteiger partial charge in [0.1, 0.15) is 6.04 Å². The summed E-state index contributed by atoms with van der Waals surface area (Å²) in [6, 6.07) is 14.3. The predicted molar refractivity (Wildman–Crippen MR) is 142 cm³/mol. The van der Waals surface area contributed by atoms with Crippen molar-refractivity contribution in [3.63, 3.8) is 0 Å². The molecule has 12 heteroatoms. The average Bonchev–Trinajstić information content (AvgIpc) is 3.35. The number of hydrogen-bond donors (Lipinski definition) is 4. The maximum absolute atomic E-state index is 13.4. The minimum Gasteiger partial charge on any atom is -0.453 e. The number of benzene rings is 2. The van der Waals surface area contributed by atoms with Crippen LogP contribution in [0.4, 0.5) is 10.5 Å². The summed E-state index contributed by atoms with van der Waals surface area (Å²) in [5.74, 6) is -0.185. The SMILES string of the molecule is COC(=O)NC(Cc1ccccc1)C(=O)NC(Cc1ccc(NS(=O)(=O)O)cc1)c1csc(C(C)C)n1. The molecule has 37 heavy (non-hydrogen) atoms. The Morgan fingerprint density at radius 3 is 2.22 bits per heavy atom. The smallest absolute Gasteiger partial charge is 0.407 e. The summed E-state index contributed by atoms with van der Waals surface area (Å²) >= 11 is 1.50. The van der Waals surface area contributed by atoms with E-state index in [4.69, 9.17) is 14.3 Å². The predicted octanol–water partition coefficient (Wildman–Crippen LogP) is 3.85. The second kappa shape index (κ2) is 12.7. The van der Waals surface area contributed by atoms with E-state index in [9.17, 15) is 18.0 Å². The van der Waals surface area contributed by atoms with Gasteiger partial charge >= 0.3 is 16.4 Å². The number of carbonyl (C=O) groups excluding carboxylic acids is 2. The quantitative estimate of drug-likeness (QED) is 0.267. The molecule has 2 amide bonds. The van der Waals surface area contributed by atoms with Crippen molar-refractivity contribution >= 4 is 39.3 Å². The number of alkyl carbamates (subject to hydrolysis) is 1. The van der Waals surface area contributed by atoms with E-state index < -0.39 is 34.4 Å². The molecular formula is C25H30N4O6S2. The lowest BCUT2D eigenvalue weighted by atomic mass is 10.0. The van der Waals surface area contributed by atoms with Gasteiger partial charge in [-0.15, -0.1) is 11.3 Å². The molecule has 3 aromatic rings. The lowest BCUT2D eigenvalue weighted by molar-refractivity contribution is -0.123. The van der Waals surface area contributed by atoms with Gasteiger partial charge in [0, 0.05) is 17.7 Å².